The minimum absolute atomic E-state index is 0.291. The van der Waals surface area contributed by atoms with E-state index >= 15 is 0 Å². The van der Waals surface area contributed by atoms with Gasteiger partial charge in [-0.15, -0.1) is 0 Å². The summed E-state index contributed by atoms with van der Waals surface area (Å²) in [5.41, 5.74) is 7.53. The lowest BCUT2D eigenvalue weighted by molar-refractivity contribution is -0.0556. The molecule has 0 fully saturated rings. The first-order valence-electron chi connectivity index (χ1n) is 13.5. The molecule has 4 nitrogen and oxygen atoms in total. The van der Waals surface area contributed by atoms with Crippen molar-refractivity contribution in [3.63, 3.8) is 0 Å². The third-order valence-corrected chi connectivity index (χ3v) is 8.02. The normalized spacial score (nSPS) is 20.2. The summed E-state index contributed by atoms with van der Waals surface area (Å²) in [6, 6.07) is 42.7. The molecule has 0 heterocycles. The Morgan fingerprint density at radius 3 is 1.48 bits per heavy atom. The number of hydrogen-bond acceptors (Lipinski definition) is 4. The first-order chi connectivity index (χ1) is 19.7. The van der Waals surface area contributed by atoms with Gasteiger partial charge in [0.1, 0.15) is 0 Å². The van der Waals surface area contributed by atoms with E-state index in [9.17, 15) is 9.59 Å². The Morgan fingerprint density at radius 2 is 0.900 bits per heavy atom. The molecule has 0 aliphatic heterocycles. The molecule has 0 radical (unpaired) electrons. The van der Waals surface area contributed by atoms with E-state index in [1.165, 1.54) is 0 Å². The fourth-order valence-corrected chi connectivity index (χ4v) is 6.35. The van der Waals surface area contributed by atoms with Gasteiger partial charge in [-0.2, -0.15) is 0 Å². The molecular weight excluding hydrogens is 496 g/mol. The molecule has 3 aliphatic rings. The summed E-state index contributed by atoms with van der Waals surface area (Å²) >= 11 is 0. The summed E-state index contributed by atoms with van der Waals surface area (Å²) in [4.78, 5) is 26.9. The molecule has 5 aromatic rings. The molecule has 5 aromatic carbocycles. The maximum atomic E-state index is 13.5. The van der Waals surface area contributed by atoms with Crippen molar-refractivity contribution < 1.29 is 19.1 Å². The van der Waals surface area contributed by atoms with Crippen LogP contribution in [0.15, 0.2) is 133 Å². The van der Waals surface area contributed by atoms with E-state index < -0.39 is 24.1 Å². The number of carbonyl (C=O) groups excluding carboxylic acids is 2. The second kappa shape index (κ2) is 9.97. The molecule has 0 saturated heterocycles. The Balaban J connectivity index is 1.41. The zero-order valence-electron chi connectivity index (χ0n) is 21.6. The Labute approximate surface area is 232 Å². The van der Waals surface area contributed by atoms with Crippen molar-refractivity contribution in [1.29, 1.82) is 0 Å². The van der Waals surface area contributed by atoms with Crippen molar-refractivity contribution in [3.05, 3.63) is 167 Å². The number of hydrogen-bond donors (Lipinski definition) is 0. The van der Waals surface area contributed by atoms with Crippen molar-refractivity contribution in [2.24, 2.45) is 0 Å². The smallest absolute Gasteiger partial charge is 0.338 e. The van der Waals surface area contributed by atoms with Gasteiger partial charge in [0, 0.05) is 0 Å². The van der Waals surface area contributed by atoms with Gasteiger partial charge in [-0.05, 0) is 57.6 Å². The SMILES string of the molecule is O=C(O[C@@H]1[C@@H]2c3ccccc3[C@H](c3c(-c4ccccc4)cccc32)[C@@H]1OC(=O)c1ccccc1)c1ccccc1. The van der Waals surface area contributed by atoms with Crippen molar-refractivity contribution >= 4 is 11.9 Å². The standard InChI is InChI=1S/C36H26O4/c37-35(24-15-6-2-7-16-24)39-33-31-27-19-10-11-20-28(27)32(34(33)40-36(38)25-17-8-3-9-18-25)30-26(21-12-22-29(30)31)23-13-4-1-5-14-23/h1-22,31-34H/t31-,32-,33-,34+/m1/s1. The summed E-state index contributed by atoms with van der Waals surface area (Å²) in [5, 5.41) is 0. The summed E-state index contributed by atoms with van der Waals surface area (Å²) < 4.78 is 12.7. The van der Waals surface area contributed by atoms with Crippen LogP contribution in [0, 0.1) is 0 Å². The molecule has 0 aromatic heterocycles. The number of fused-ring (bicyclic) bond motifs is 1. The van der Waals surface area contributed by atoms with E-state index in [4.69, 9.17) is 9.47 Å². The van der Waals surface area contributed by atoms with Gasteiger partial charge in [-0.1, -0.05) is 109 Å². The van der Waals surface area contributed by atoms with Crippen LogP contribution >= 0.6 is 0 Å². The van der Waals surface area contributed by atoms with Crippen LogP contribution in [-0.2, 0) is 9.47 Å². The lowest BCUT2D eigenvalue weighted by Crippen LogP contribution is -2.51. The molecule has 4 atom stereocenters. The summed E-state index contributed by atoms with van der Waals surface area (Å²) in [5.74, 6) is -1.47. The highest BCUT2D eigenvalue weighted by Crippen LogP contribution is 2.57. The topological polar surface area (TPSA) is 52.6 Å². The summed E-state index contributed by atoms with van der Waals surface area (Å²) in [7, 11) is 0. The second-order valence-electron chi connectivity index (χ2n) is 10.2. The Hall–Kier alpha value is -4.96. The second-order valence-corrected chi connectivity index (χ2v) is 10.2. The fourth-order valence-electron chi connectivity index (χ4n) is 6.35. The number of ether oxygens (including phenoxy) is 2. The monoisotopic (exact) mass is 522 g/mol. The third kappa shape index (κ3) is 4.00. The van der Waals surface area contributed by atoms with Gasteiger partial charge in [-0.25, -0.2) is 9.59 Å². The van der Waals surface area contributed by atoms with Crippen molar-refractivity contribution in [2.75, 3.05) is 0 Å². The molecule has 2 bridgehead atoms. The maximum Gasteiger partial charge on any atom is 0.338 e. The Kier molecular flexibility index (Phi) is 6.01. The molecule has 0 amide bonds. The molecule has 4 heteroatoms. The number of benzene rings is 5. The lowest BCUT2D eigenvalue weighted by atomic mass is 9.59. The van der Waals surface area contributed by atoms with Crippen LogP contribution in [0.3, 0.4) is 0 Å². The molecule has 40 heavy (non-hydrogen) atoms. The lowest BCUT2D eigenvalue weighted by Gasteiger charge is -2.49. The Morgan fingerprint density at radius 1 is 0.450 bits per heavy atom. The fraction of sp³-hybridized carbons (Fsp3) is 0.111. The molecule has 0 unspecified atom stereocenters. The highest BCUT2D eigenvalue weighted by Gasteiger charge is 2.54. The van der Waals surface area contributed by atoms with Crippen LogP contribution in [0.2, 0.25) is 0 Å². The van der Waals surface area contributed by atoms with Crippen molar-refractivity contribution in [1.82, 2.24) is 0 Å². The van der Waals surface area contributed by atoms with E-state index in [2.05, 4.69) is 42.5 Å². The first kappa shape index (κ1) is 24.1. The van der Waals surface area contributed by atoms with Crippen LogP contribution in [-0.4, -0.2) is 24.1 Å². The van der Waals surface area contributed by atoms with Crippen LogP contribution in [0.25, 0.3) is 11.1 Å². The van der Waals surface area contributed by atoms with E-state index in [0.717, 1.165) is 33.4 Å². The van der Waals surface area contributed by atoms with Gasteiger partial charge in [-0.3, -0.25) is 0 Å². The largest absolute Gasteiger partial charge is 0.454 e. The van der Waals surface area contributed by atoms with Crippen LogP contribution in [0.1, 0.15) is 54.8 Å². The van der Waals surface area contributed by atoms with E-state index in [0.29, 0.717) is 11.1 Å². The van der Waals surface area contributed by atoms with Gasteiger partial charge in [0.15, 0.2) is 12.2 Å². The summed E-state index contributed by atoms with van der Waals surface area (Å²) in [6.45, 7) is 0. The Bertz CT molecular complexity index is 1700. The predicted octanol–water partition coefficient (Wildman–Crippen LogP) is 7.40. The number of rotatable bonds is 5. The molecule has 3 aliphatic carbocycles. The first-order valence-corrected chi connectivity index (χ1v) is 13.5. The van der Waals surface area contributed by atoms with Gasteiger partial charge in [0.2, 0.25) is 0 Å². The predicted molar refractivity (Wildman–Crippen MR) is 153 cm³/mol. The highest BCUT2D eigenvalue weighted by atomic mass is 16.6. The van der Waals surface area contributed by atoms with Crippen molar-refractivity contribution in [2.45, 2.75) is 24.0 Å². The molecule has 194 valence electrons. The van der Waals surface area contributed by atoms with Gasteiger partial charge < -0.3 is 9.47 Å². The van der Waals surface area contributed by atoms with E-state index in [1.807, 2.05) is 66.7 Å². The van der Waals surface area contributed by atoms with Gasteiger partial charge >= 0.3 is 11.9 Å². The minimum atomic E-state index is -0.711. The average molecular weight is 523 g/mol. The molecule has 0 saturated carbocycles. The molecule has 0 N–H and O–H groups in total. The number of carbonyl (C=O) groups is 2. The number of esters is 2. The zero-order chi connectivity index (χ0) is 27.1. The van der Waals surface area contributed by atoms with E-state index in [1.54, 1.807) is 24.3 Å². The zero-order valence-corrected chi connectivity index (χ0v) is 21.6. The third-order valence-electron chi connectivity index (χ3n) is 8.02. The molecule has 0 spiro atoms. The van der Waals surface area contributed by atoms with E-state index in [-0.39, 0.29) is 11.8 Å². The average Bonchev–Trinajstić information content (AvgIpc) is 3.02. The molecular formula is C36H26O4. The van der Waals surface area contributed by atoms with Crippen LogP contribution < -0.4 is 0 Å². The quantitative estimate of drug-likeness (QED) is 0.226. The summed E-state index contributed by atoms with van der Waals surface area (Å²) in [6.07, 6.45) is -1.41. The maximum absolute atomic E-state index is 13.5. The minimum Gasteiger partial charge on any atom is -0.454 e. The highest BCUT2D eigenvalue weighted by molar-refractivity contribution is 5.91. The van der Waals surface area contributed by atoms with Crippen LogP contribution in [0.5, 0.6) is 0 Å². The van der Waals surface area contributed by atoms with Gasteiger partial charge in [0.05, 0.1) is 23.0 Å². The van der Waals surface area contributed by atoms with Crippen LogP contribution in [0.4, 0.5) is 0 Å². The van der Waals surface area contributed by atoms with Gasteiger partial charge in [0.25, 0.3) is 0 Å². The molecule has 8 rings (SSSR count). The van der Waals surface area contributed by atoms with Crippen molar-refractivity contribution in [3.8, 4) is 11.1 Å².